The Labute approximate surface area is 106 Å². The summed E-state index contributed by atoms with van der Waals surface area (Å²) < 4.78 is 6.22. The number of nitrogens with two attached hydrogens (primary N) is 1. The number of methoxy groups -OCH3 is 1. The minimum absolute atomic E-state index is 0.556. The van der Waals surface area contributed by atoms with Crippen molar-refractivity contribution in [3.63, 3.8) is 0 Å². The molecular weight excluding hydrogens is 266 g/mol. The Balaban J connectivity index is 2.71. The molecule has 0 aliphatic carbocycles. The molecule has 0 saturated heterocycles. The van der Waals surface area contributed by atoms with Crippen LogP contribution in [0, 0.1) is 11.8 Å². The van der Waals surface area contributed by atoms with E-state index in [1.807, 2.05) is 6.07 Å². The van der Waals surface area contributed by atoms with Gasteiger partial charge in [-0.2, -0.15) is 0 Å². The van der Waals surface area contributed by atoms with Crippen LogP contribution in [0.1, 0.15) is 19.4 Å². The first kappa shape index (κ1) is 13.5. The second-order valence-corrected chi connectivity index (χ2v) is 5.22. The van der Waals surface area contributed by atoms with Crippen LogP contribution in [-0.4, -0.2) is 13.7 Å². The van der Waals surface area contributed by atoms with Gasteiger partial charge < -0.3 is 10.5 Å². The summed E-state index contributed by atoms with van der Waals surface area (Å²) in [6, 6.07) is 6.24. The second kappa shape index (κ2) is 6.26. The fourth-order valence-electron chi connectivity index (χ4n) is 1.64. The highest BCUT2D eigenvalue weighted by atomic mass is 79.9. The maximum Gasteiger partial charge on any atom is 0.133 e. The van der Waals surface area contributed by atoms with Gasteiger partial charge >= 0.3 is 0 Å². The average Bonchev–Trinajstić information content (AvgIpc) is 2.28. The Hall–Kier alpha value is -0.540. The third-order valence-corrected chi connectivity index (χ3v) is 3.74. The van der Waals surface area contributed by atoms with Gasteiger partial charge in [-0.05, 0) is 58.4 Å². The molecule has 0 bridgehead atoms. The highest BCUT2D eigenvalue weighted by Gasteiger charge is 2.12. The fourth-order valence-corrected chi connectivity index (χ4v) is 2.23. The summed E-state index contributed by atoms with van der Waals surface area (Å²) in [6.45, 7) is 5.19. The molecule has 2 nitrogen and oxygen atoms in total. The molecule has 2 N–H and O–H groups in total. The predicted molar refractivity (Wildman–Crippen MR) is 71.8 cm³/mol. The Kier molecular flexibility index (Phi) is 5.29. The molecule has 0 aromatic heterocycles. The van der Waals surface area contributed by atoms with Crippen LogP contribution in [0.4, 0.5) is 0 Å². The molecule has 0 fully saturated rings. The van der Waals surface area contributed by atoms with Gasteiger partial charge in [-0.25, -0.2) is 0 Å². The monoisotopic (exact) mass is 285 g/mol. The van der Waals surface area contributed by atoms with Crippen molar-refractivity contribution >= 4 is 15.9 Å². The summed E-state index contributed by atoms with van der Waals surface area (Å²) in [4.78, 5) is 0. The Morgan fingerprint density at radius 3 is 2.50 bits per heavy atom. The van der Waals surface area contributed by atoms with Crippen LogP contribution in [0.2, 0.25) is 0 Å². The fraction of sp³-hybridized carbons (Fsp3) is 0.538. The molecule has 3 heteroatoms. The SMILES string of the molecule is COc1ccc(CC(C)C(C)CN)cc1Br. The number of ether oxygens (including phenoxy) is 1. The van der Waals surface area contributed by atoms with Crippen molar-refractivity contribution < 1.29 is 4.74 Å². The molecule has 1 rings (SSSR count). The van der Waals surface area contributed by atoms with E-state index in [9.17, 15) is 0 Å². The van der Waals surface area contributed by atoms with E-state index >= 15 is 0 Å². The van der Waals surface area contributed by atoms with E-state index in [2.05, 4.69) is 41.9 Å². The van der Waals surface area contributed by atoms with Gasteiger partial charge in [0.05, 0.1) is 11.6 Å². The zero-order valence-corrected chi connectivity index (χ0v) is 11.8. The summed E-state index contributed by atoms with van der Waals surface area (Å²) in [5.74, 6) is 2.04. The van der Waals surface area contributed by atoms with Crippen LogP contribution in [0.3, 0.4) is 0 Å². The summed E-state index contributed by atoms with van der Waals surface area (Å²) in [6.07, 6.45) is 1.06. The van der Waals surface area contributed by atoms with E-state index in [1.54, 1.807) is 7.11 Å². The highest BCUT2D eigenvalue weighted by molar-refractivity contribution is 9.10. The lowest BCUT2D eigenvalue weighted by atomic mass is 9.90. The molecule has 0 heterocycles. The van der Waals surface area contributed by atoms with Crippen LogP contribution in [0.25, 0.3) is 0 Å². The van der Waals surface area contributed by atoms with E-state index in [-0.39, 0.29) is 0 Å². The maximum atomic E-state index is 5.67. The minimum Gasteiger partial charge on any atom is -0.496 e. The molecule has 0 spiro atoms. The van der Waals surface area contributed by atoms with Crippen molar-refractivity contribution in [1.82, 2.24) is 0 Å². The van der Waals surface area contributed by atoms with Crippen molar-refractivity contribution in [2.75, 3.05) is 13.7 Å². The van der Waals surface area contributed by atoms with Crippen LogP contribution >= 0.6 is 15.9 Å². The topological polar surface area (TPSA) is 35.2 Å². The van der Waals surface area contributed by atoms with Crippen molar-refractivity contribution in [2.45, 2.75) is 20.3 Å². The van der Waals surface area contributed by atoms with Gasteiger partial charge in [-0.1, -0.05) is 19.9 Å². The number of benzene rings is 1. The van der Waals surface area contributed by atoms with Gasteiger partial charge in [-0.15, -0.1) is 0 Å². The van der Waals surface area contributed by atoms with Crippen molar-refractivity contribution in [3.05, 3.63) is 28.2 Å². The third-order valence-electron chi connectivity index (χ3n) is 3.12. The highest BCUT2D eigenvalue weighted by Crippen LogP contribution is 2.27. The van der Waals surface area contributed by atoms with Crippen LogP contribution < -0.4 is 10.5 Å². The Bertz CT molecular complexity index is 341. The molecule has 2 atom stereocenters. The Morgan fingerprint density at radius 1 is 1.31 bits per heavy atom. The van der Waals surface area contributed by atoms with E-state index in [0.29, 0.717) is 11.8 Å². The lowest BCUT2D eigenvalue weighted by molar-refractivity contribution is 0.393. The van der Waals surface area contributed by atoms with E-state index < -0.39 is 0 Å². The van der Waals surface area contributed by atoms with E-state index in [1.165, 1.54) is 5.56 Å². The molecule has 1 aromatic carbocycles. The molecule has 1 aromatic rings. The lowest BCUT2D eigenvalue weighted by Crippen LogP contribution is -2.20. The first-order chi connectivity index (χ1) is 7.58. The number of hydrogen-bond acceptors (Lipinski definition) is 2. The predicted octanol–water partition coefficient (Wildman–Crippen LogP) is 3.23. The van der Waals surface area contributed by atoms with Gasteiger partial charge in [0.1, 0.15) is 5.75 Å². The Morgan fingerprint density at radius 2 is 2.00 bits per heavy atom. The molecule has 0 radical (unpaired) electrons. The summed E-state index contributed by atoms with van der Waals surface area (Å²) in [5, 5.41) is 0. The minimum atomic E-state index is 0.556. The van der Waals surface area contributed by atoms with Crippen molar-refractivity contribution in [3.8, 4) is 5.75 Å². The zero-order valence-electron chi connectivity index (χ0n) is 10.2. The lowest BCUT2D eigenvalue weighted by Gasteiger charge is -2.18. The van der Waals surface area contributed by atoms with Crippen molar-refractivity contribution in [1.29, 1.82) is 0 Å². The molecule has 0 aliphatic rings. The zero-order chi connectivity index (χ0) is 12.1. The van der Waals surface area contributed by atoms with Crippen LogP contribution in [0.5, 0.6) is 5.75 Å². The number of halogens is 1. The average molecular weight is 286 g/mol. The standard InChI is InChI=1S/C13H20BrNO/c1-9(10(2)8-15)6-11-4-5-13(16-3)12(14)7-11/h4-5,7,9-10H,6,8,15H2,1-3H3. The number of hydrogen-bond donors (Lipinski definition) is 1. The molecule has 0 amide bonds. The quantitative estimate of drug-likeness (QED) is 0.902. The third kappa shape index (κ3) is 3.49. The van der Waals surface area contributed by atoms with E-state index in [4.69, 9.17) is 10.5 Å². The first-order valence-corrected chi connectivity index (χ1v) is 6.40. The van der Waals surface area contributed by atoms with Crippen LogP contribution in [-0.2, 0) is 6.42 Å². The second-order valence-electron chi connectivity index (χ2n) is 4.36. The smallest absolute Gasteiger partial charge is 0.133 e. The molecule has 0 aliphatic heterocycles. The van der Waals surface area contributed by atoms with Gasteiger partial charge in [0.2, 0.25) is 0 Å². The molecule has 2 unspecified atom stereocenters. The summed E-state index contributed by atoms with van der Waals surface area (Å²) in [5.41, 5.74) is 6.99. The van der Waals surface area contributed by atoms with Gasteiger partial charge in [-0.3, -0.25) is 0 Å². The van der Waals surface area contributed by atoms with Crippen LogP contribution in [0.15, 0.2) is 22.7 Å². The summed E-state index contributed by atoms with van der Waals surface area (Å²) in [7, 11) is 1.68. The van der Waals surface area contributed by atoms with Gasteiger partial charge in [0, 0.05) is 0 Å². The largest absolute Gasteiger partial charge is 0.496 e. The molecular formula is C13H20BrNO. The number of rotatable bonds is 5. The molecule has 16 heavy (non-hydrogen) atoms. The van der Waals surface area contributed by atoms with Crippen molar-refractivity contribution in [2.24, 2.45) is 17.6 Å². The van der Waals surface area contributed by atoms with E-state index in [0.717, 1.165) is 23.2 Å². The van der Waals surface area contributed by atoms with Gasteiger partial charge in [0.15, 0.2) is 0 Å². The normalized spacial score (nSPS) is 14.6. The summed E-state index contributed by atoms with van der Waals surface area (Å²) >= 11 is 3.50. The molecule has 0 saturated carbocycles. The van der Waals surface area contributed by atoms with Gasteiger partial charge in [0.25, 0.3) is 0 Å². The first-order valence-electron chi connectivity index (χ1n) is 5.61. The maximum absolute atomic E-state index is 5.67. The molecule has 90 valence electrons.